The standard InChI is InChI=1S/C10H15N.ClH/c1-7(2)9-5-4-8(3)10(11)6-9;/h4-7H,11H2,1-3H3;1H. The summed E-state index contributed by atoms with van der Waals surface area (Å²) in [6.45, 7) is 6.37. The van der Waals surface area contributed by atoms with Gasteiger partial charge in [-0.2, -0.15) is 0 Å². The van der Waals surface area contributed by atoms with E-state index < -0.39 is 0 Å². The summed E-state index contributed by atoms with van der Waals surface area (Å²) >= 11 is 0. The Kier molecular flexibility index (Phi) is 4.11. The van der Waals surface area contributed by atoms with Gasteiger partial charge in [-0.15, -0.1) is 12.4 Å². The van der Waals surface area contributed by atoms with E-state index in [0.29, 0.717) is 5.92 Å². The molecule has 0 aromatic heterocycles. The summed E-state index contributed by atoms with van der Waals surface area (Å²) in [6, 6.07) is 6.26. The zero-order chi connectivity index (χ0) is 8.43. The highest BCUT2D eigenvalue weighted by Gasteiger charge is 1.99. The molecule has 0 saturated heterocycles. The second-order valence-electron chi connectivity index (χ2n) is 3.27. The molecular weight excluding hydrogens is 170 g/mol. The maximum absolute atomic E-state index is 5.76. The highest BCUT2D eigenvalue weighted by Crippen LogP contribution is 2.19. The number of hydrogen-bond acceptors (Lipinski definition) is 1. The maximum atomic E-state index is 5.76. The highest BCUT2D eigenvalue weighted by atomic mass is 35.5. The van der Waals surface area contributed by atoms with Gasteiger partial charge in [0, 0.05) is 5.69 Å². The SMILES string of the molecule is Cc1ccc(C(C)C)cc1N.Cl. The Bertz CT molecular complexity index is 256. The van der Waals surface area contributed by atoms with Crippen LogP contribution in [0.4, 0.5) is 5.69 Å². The molecule has 0 amide bonds. The van der Waals surface area contributed by atoms with Gasteiger partial charge < -0.3 is 5.73 Å². The lowest BCUT2D eigenvalue weighted by atomic mass is 10.0. The Morgan fingerprint density at radius 2 is 1.83 bits per heavy atom. The number of nitrogens with two attached hydrogens (primary N) is 1. The van der Waals surface area contributed by atoms with E-state index in [1.165, 1.54) is 5.56 Å². The van der Waals surface area contributed by atoms with Gasteiger partial charge in [0.05, 0.1) is 0 Å². The molecule has 0 radical (unpaired) electrons. The number of benzene rings is 1. The largest absolute Gasteiger partial charge is 0.399 e. The Morgan fingerprint density at radius 1 is 1.25 bits per heavy atom. The van der Waals surface area contributed by atoms with Crippen LogP contribution < -0.4 is 5.73 Å². The molecule has 0 spiro atoms. The highest BCUT2D eigenvalue weighted by molar-refractivity contribution is 5.85. The van der Waals surface area contributed by atoms with Crippen molar-refractivity contribution in [3.05, 3.63) is 29.3 Å². The average molecular weight is 186 g/mol. The smallest absolute Gasteiger partial charge is 0.0346 e. The maximum Gasteiger partial charge on any atom is 0.0346 e. The summed E-state index contributed by atoms with van der Waals surface area (Å²) < 4.78 is 0. The van der Waals surface area contributed by atoms with Crippen molar-refractivity contribution >= 4 is 18.1 Å². The second kappa shape index (κ2) is 4.36. The Labute approximate surface area is 80.4 Å². The van der Waals surface area contributed by atoms with Gasteiger partial charge in [-0.05, 0) is 30.0 Å². The van der Waals surface area contributed by atoms with Crippen molar-refractivity contribution < 1.29 is 0 Å². The van der Waals surface area contributed by atoms with E-state index in [2.05, 4.69) is 32.0 Å². The summed E-state index contributed by atoms with van der Waals surface area (Å²) in [4.78, 5) is 0. The molecular formula is C10H16ClN. The lowest BCUT2D eigenvalue weighted by Gasteiger charge is -2.07. The van der Waals surface area contributed by atoms with E-state index in [9.17, 15) is 0 Å². The van der Waals surface area contributed by atoms with Gasteiger partial charge in [0.1, 0.15) is 0 Å². The minimum atomic E-state index is 0. The quantitative estimate of drug-likeness (QED) is 0.669. The molecule has 1 rings (SSSR count). The Balaban J connectivity index is 0.00000121. The predicted octanol–water partition coefficient (Wildman–Crippen LogP) is 3.12. The van der Waals surface area contributed by atoms with Gasteiger partial charge in [0.2, 0.25) is 0 Å². The van der Waals surface area contributed by atoms with Crippen LogP contribution in [0.25, 0.3) is 0 Å². The van der Waals surface area contributed by atoms with E-state index in [1.807, 2.05) is 6.92 Å². The Morgan fingerprint density at radius 3 is 2.25 bits per heavy atom. The van der Waals surface area contributed by atoms with Crippen LogP contribution in [0.5, 0.6) is 0 Å². The van der Waals surface area contributed by atoms with Crippen LogP contribution in [0, 0.1) is 6.92 Å². The third kappa shape index (κ3) is 2.42. The van der Waals surface area contributed by atoms with E-state index in [0.717, 1.165) is 11.3 Å². The number of halogens is 1. The van der Waals surface area contributed by atoms with Crippen LogP contribution in [0.15, 0.2) is 18.2 Å². The van der Waals surface area contributed by atoms with Gasteiger partial charge in [-0.1, -0.05) is 26.0 Å². The van der Waals surface area contributed by atoms with Crippen LogP contribution in [-0.2, 0) is 0 Å². The molecule has 0 unspecified atom stereocenters. The number of hydrogen-bond donors (Lipinski definition) is 1. The number of nitrogen functional groups attached to an aromatic ring is 1. The lowest BCUT2D eigenvalue weighted by molar-refractivity contribution is 0.866. The summed E-state index contributed by atoms with van der Waals surface area (Å²) in [5, 5.41) is 0. The van der Waals surface area contributed by atoms with Crippen LogP contribution in [-0.4, -0.2) is 0 Å². The number of anilines is 1. The molecule has 2 heteroatoms. The molecule has 2 N–H and O–H groups in total. The molecule has 1 nitrogen and oxygen atoms in total. The summed E-state index contributed by atoms with van der Waals surface area (Å²) in [6.07, 6.45) is 0. The first kappa shape index (κ1) is 11.3. The summed E-state index contributed by atoms with van der Waals surface area (Å²) in [5.74, 6) is 0.567. The van der Waals surface area contributed by atoms with E-state index >= 15 is 0 Å². The third-order valence-electron chi connectivity index (χ3n) is 1.97. The summed E-state index contributed by atoms with van der Waals surface area (Å²) in [5.41, 5.74) is 9.13. The molecule has 0 saturated carbocycles. The molecule has 12 heavy (non-hydrogen) atoms. The Hall–Kier alpha value is -0.690. The fourth-order valence-corrected chi connectivity index (χ4v) is 1.02. The minimum Gasteiger partial charge on any atom is -0.399 e. The first-order chi connectivity index (χ1) is 5.11. The van der Waals surface area contributed by atoms with Crippen molar-refractivity contribution in [1.82, 2.24) is 0 Å². The van der Waals surface area contributed by atoms with Gasteiger partial charge >= 0.3 is 0 Å². The van der Waals surface area contributed by atoms with E-state index in [4.69, 9.17) is 5.73 Å². The molecule has 0 bridgehead atoms. The van der Waals surface area contributed by atoms with Gasteiger partial charge in [-0.3, -0.25) is 0 Å². The fourth-order valence-electron chi connectivity index (χ4n) is 1.02. The van der Waals surface area contributed by atoms with Crippen molar-refractivity contribution in [2.24, 2.45) is 0 Å². The zero-order valence-corrected chi connectivity index (χ0v) is 8.61. The molecule has 0 aliphatic rings. The first-order valence-electron chi connectivity index (χ1n) is 3.97. The summed E-state index contributed by atoms with van der Waals surface area (Å²) in [7, 11) is 0. The monoisotopic (exact) mass is 185 g/mol. The molecule has 0 atom stereocenters. The van der Waals surface area contributed by atoms with Crippen molar-refractivity contribution in [3.8, 4) is 0 Å². The van der Waals surface area contributed by atoms with Gasteiger partial charge in [0.15, 0.2) is 0 Å². The topological polar surface area (TPSA) is 26.0 Å². The molecule has 68 valence electrons. The predicted molar refractivity (Wildman–Crippen MR) is 56.9 cm³/mol. The van der Waals surface area contributed by atoms with Crippen molar-refractivity contribution in [1.29, 1.82) is 0 Å². The van der Waals surface area contributed by atoms with Gasteiger partial charge in [0.25, 0.3) is 0 Å². The number of rotatable bonds is 1. The second-order valence-corrected chi connectivity index (χ2v) is 3.27. The molecule has 1 aromatic rings. The molecule has 0 aliphatic heterocycles. The van der Waals surface area contributed by atoms with Crippen molar-refractivity contribution in [2.75, 3.05) is 5.73 Å². The van der Waals surface area contributed by atoms with Crippen molar-refractivity contribution in [2.45, 2.75) is 26.7 Å². The molecule has 0 aliphatic carbocycles. The van der Waals surface area contributed by atoms with Crippen LogP contribution in [0.3, 0.4) is 0 Å². The van der Waals surface area contributed by atoms with E-state index in [1.54, 1.807) is 0 Å². The normalized spacial score (nSPS) is 9.67. The van der Waals surface area contributed by atoms with E-state index in [-0.39, 0.29) is 12.4 Å². The van der Waals surface area contributed by atoms with Gasteiger partial charge in [-0.25, -0.2) is 0 Å². The molecule has 0 heterocycles. The average Bonchev–Trinajstić information content (AvgIpc) is 1.94. The minimum absolute atomic E-state index is 0. The van der Waals surface area contributed by atoms with Crippen molar-refractivity contribution in [3.63, 3.8) is 0 Å². The van der Waals surface area contributed by atoms with Crippen LogP contribution >= 0.6 is 12.4 Å². The third-order valence-corrected chi connectivity index (χ3v) is 1.97. The molecule has 0 fully saturated rings. The number of aryl methyl sites for hydroxylation is 1. The fraction of sp³-hybridized carbons (Fsp3) is 0.400. The first-order valence-corrected chi connectivity index (χ1v) is 3.97. The lowest BCUT2D eigenvalue weighted by Crippen LogP contribution is -1.93. The van der Waals surface area contributed by atoms with Crippen LogP contribution in [0.1, 0.15) is 30.9 Å². The molecule has 1 aromatic carbocycles. The van der Waals surface area contributed by atoms with Crippen LogP contribution in [0.2, 0.25) is 0 Å². The zero-order valence-electron chi connectivity index (χ0n) is 7.79.